The van der Waals surface area contributed by atoms with Crippen LogP contribution in [0.3, 0.4) is 0 Å². The molecule has 8 heteroatoms. The van der Waals surface area contributed by atoms with E-state index in [4.69, 9.17) is 21.7 Å². The number of nitrogens with one attached hydrogen (secondary N) is 2. The highest BCUT2D eigenvalue weighted by Crippen LogP contribution is 2.52. The summed E-state index contributed by atoms with van der Waals surface area (Å²) in [4.78, 5) is 15.1. The summed E-state index contributed by atoms with van der Waals surface area (Å²) < 4.78 is 12.0. The molecule has 2 N–H and O–H groups in total. The van der Waals surface area contributed by atoms with E-state index in [0.717, 1.165) is 16.6 Å². The summed E-state index contributed by atoms with van der Waals surface area (Å²) in [5.74, 6) is -0.450. The Morgan fingerprint density at radius 3 is 2.44 bits per heavy atom. The first-order valence-corrected chi connectivity index (χ1v) is 10.1. The van der Waals surface area contributed by atoms with Crippen molar-refractivity contribution in [1.82, 2.24) is 15.8 Å². The molecule has 1 aromatic rings. The number of hydrazine groups is 1. The van der Waals surface area contributed by atoms with Crippen LogP contribution in [0.25, 0.3) is 0 Å². The summed E-state index contributed by atoms with van der Waals surface area (Å²) in [6, 6.07) is 7.76. The molecule has 0 aromatic heterocycles. The fourth-order valence-corrected chi connectivity index (χ4v) is 4.00. The standard InChI is InChI=1S/C19H28BrN3O3S/c1-13(2)10-23(3)17(27)22-21-16(24)18(11-19(12-18,25-4)26-5)14-7-6-8-15(20)9-14/h6-9,13H,10-12H2,1-5H3,(H,21,24)(H,22,27). The van der Waals surface area contributed by atoms with Gasteiger partial charge in [-0.2, -0.15) is 0 Å². The lowest BCUT2D eigenvalue weighted by Gasteiger charge is -2.53. The Hall–Kier alpha value is -1.22. The van der Waals surface area contributed by atoms with E-state index in [0.29, 0.717) is 23.9 Å². The van der Waals surface area contributed by atoms with Gasteiger partial charge in [0.2, 0.25) is 5.91 Å². The third-order valence-electron chi connectivity index (χ3n) is 4.97. The molecule has 0 radical (unpaired) electrons. The molecule has 1 saturated carbocycles. The van der Waals surface area contributed by atoms with Gasteiger partial charge in [0.1, 0.15) is 0 Å². The highest BCUT2D eigenvalue weighted by molar-refractivity contribution is 9.10. The molecular weight excluding hydrogens is 430 g/mol. The summed E-state index contributed by atoms with van der Waals surface area (Å²) in [5.41, 5.74) is 5.81. The minimum Gasteiger partial charge on any atom is -0.353 e. The second kappa shape index (κ2) is 8.86. The molecule has 0 saturated heterocycles. The van der Waals surface area contributed by atoms with E-state index >= 15 is 0 Å². The van der Waals surface area contributed by atoms with Gasteiger partial charge in [-0.1, -0.05) is 41.9 Å². The number of hydrogen-bond acceptors (Lipinski definition) is 4. The normalized spacial score (nSPS) is 17.1. The third kappa shape index (κ3) is 4.80. The van der Waals surface area contributed by atoms with Crippen molar-refractivity contribution in [3.8, 4) is 0 Å². The Morgan fingerprint density at radius 2 is 1.93 bits per heavy atom. The molecule has 1 aliphatic carbocycles. The Bertz CT molecular complexity index is 687. The van der Waals surface area contributed by atoms with Gasteiger partial charge in [0.25, 0.3) is 0 Å². The number of ether oxygens (including phenoxy) is 2. The van der Waals surface area contributed by atoms with Gasteiger partial charge in [-0.05, 0) is 35.8 Å². The van der Waals surface area contributed by atoms with E-state index in [2.05, 4.69) is 40.6 Å². The van der Waals surface area contributed by atoms with Crippen LogP contribution in [0.4, 0.5) is 0 Å². The molecular formula is C19H28BrN3O3S. The van der Waals surface area contributed by atoms with E-state index in [9.17, 15) is 4.79 Å². The number of nitrogens with zero attached hydrogens (tertiary/aromatic N) is 1. The van der Waals surface area contributed by atoms with Gasteiger partial charge < -0.3 is 14.4 Å². The Balaban J connectivity index is 2.15. The fraction of sp³-hybridized carbons (Fsp3) is 0.579. The smallest absolute Gasteiger partial charge is 0.249 e. The van der Waals surface area contributed by atoms with Crippen LogP contribution in [0, 0.1) is 5.92 Å². The number of carbonyl (C=O) groups is 1. The molecule has 27 heavy (non-hydrogen) atoms. The van der Waals surface area contributed by atoms with Crippen LogP contribution >= 0.6 is 28.1 Å². The highest BCUT2D eigenvalue weighted by Gasteiger charge is 2.61. The molecule has 6 nitrogen and oxygen atoms in total. The van der Waals surface area contributed by atoms with Crippen molar-refractivity contribution in [3.05, 3.63) is 34.3 Å². The van der Waals surface area contributed by atoms with Gasteiger partial charge in [-0.3, -0.25) is 15.6 Å². The number of carbonyl (C=O) groups excluding carboxylic acids is 1. The largest absolute Gasteiger partial charge is 0.353 e. The zero-order chi connectivity index (χ0) is 20.2. The van der Waals surface area contributed by atoms with Crippen LogP contribution < -0.4 is 10.9 Å². The summed E-state index contributed by atoms with van der Waals surface area (Å²) >= 11 is 8.85. The fourth-order valence-electron chi connectivity index (χ4n) is 3.48. The first-order valence-electron chi connectivity index (χ1n) is 8.86. The Morgan fingerprint density at radius 1 is 1.30 bits per heavy atom. The average molecular weight is 458 g/mol. The van der Waals surface area contributed by atoms with Crippen LogP contribution in [-0.4, -0.2) is 49.5 Å². The molecule has 0 unspecified atom stereocenters. The van der Waals surface area contributed by atoms with Crippen molar-refractivity contribution < 1.29 is 14.3 Å². The molecule has 0 heterocycles. The van der Waals surface area contributed by atoms with Crippen molar-refractivity contribution in [2.75, 3.05) is 27.8 Å². The zero-order valence-electron chi connectivity index (χ0n) is 16.5. The molecule has 0 spiro atoms. The number of rotatable bonds is 6. The van der Waals surface area contributed by atoms with Crippen molar-refractivity contribution in [3.63, 3.8) is 0 Å². The number of thiocarbonyl (C=S) groups is 1. The predicted octanol–water partition coefficient (Wildman–Crippen LogP) is 2.96. The predicted molar refractivity (Wildman–Crippen MR) is 113 cm³/mol. The number of amides is 1. The quantitative estimate of drug-likeness (QED) is 0.388. The van der Waals surface area contributed by atoms with Crippen molar-refractivity contribution >= 4 is 39.2 Å². The maximum atomic E-state index is 13.1. The molecule has 0 atom stereocenters. The minimum atomic E-state index is -0.755. The maximum absolute atomic E-state index is 13.1. The van der Waals surface area contributed by atoms with Crippen LogP contribution in [0.5, 0.6) is 0 Å². The monoisotopic (exact) mass is 457 g/mol. The summed E-state index contributed by atoms with van der Waals surface area (Å²) in [7, 11) is 5.09. The molecule has 0 aliphatic heterocycles. The molecule has 1 fully saturated rings. The van der Waals surface area contributed by atoms with Crippen LogP contribution in [0.2, 0.25) is 0 Å². The third-order valence-corrected chi connectivity index (χ3v) is 5.87. The summed E-state index contributed by atoms with van der Waals surface area (Å²) in [5, 5.41) is 0.477. The van der Waals surface area contributed by atoms with Gasteiger partial charge in [0, 0.05) is 45.1 Å². The minimum absolute atomic E-state index is 0.161. The molecule has 2 rings (SSSR count). The zero-order valence-corrected chi connectivity index (χ0v) is 18.9. The van der Waals surface area contributed by atoms with Crippen LogP contribution in [0.15, 0.2) is 28.7 Å². The molecule has 1 aliphatic rings. The summed E-state index contributed by atoms with van der Waals surface area (Å²) in [6.45, 7) is 5.03. The van der Waals surface area contributed by atoms with E-state index < -0.39 is 11.2 Å². The molecule has 0 bridgehead atoms. The Labute approximate surface area is 175 Å². The van der Waals surface area contributed by atoms with E-state index in [1.807, 2.05) is 36.2 Å². The number of methoxy groups -OCH3 is 2. The SMILES string of the molecule is COC1(OC)CC(C(=O)NNC(=S)N(C)CC(C)C)(c2cccc(Br)c2)C1. The topological polar surface area (TPSA) is 62.8 Å². The first-order chi connectivity index (χ1) is 12.7. The number of halogens is 1. The maximum Gasteiger partial charge on any atom is 0.249 e. The van der Waals surface area contributed by atoms with Crippen LogP contribution in [-0.2, 0) is 19.7 Å². The van der Waals surface area contributed by atoms with Crippen LogP contribution in [0.1, 0.15) is 32.3 Å². The highest BCUT2D eigenvalue weighted by atomic mass is 79.9. The van der Waals surface area contributed by atoms with Crippen molar-refractivity contribution in [2.45, 2.75) is 37.9 Å². The van der Waals surface area contributed by atoms with Gasteiger partial charge in [-0.15, -0.1) is 0 Å². The second-order valence-corrected chi connectivity index (χ2v) is 8.73. The first kappa shape index (κ1) is 22.1. The van der Waals surface area contributed by atoms with E-state index in [1.165, 1.54) is 0 Å². The van der Waals surface area contributed by atoms with Gasteiger partial charge in [0.05, 0.1) is 5.41 Å². The molecule has 1 amide bonds. The van der Waals surface area contributed by atoms with E-state index in [-0.39, 0.29) is 5.91 Å². The van der Waals surface area contributed by atoms with Gasteiger partial charge >= 0.3 is 0 Å². The lowest BCUT2D eigenvalue weighted by molar-refractivity contribution is -0.274. The number of benzene rings is 1. The second-order valence-electron chi connectivity index (χ2n) is 7.42. The average Bonchev–Trinajstić information content (AvgIpc) is 2.59. The lowest BCUT2D eigenvalue weighted by Crippen LogP contribution is -2.65. The van der Waals surface area contributed by atoms with Crippen molar-refractivity contribution in [2.24, 2.45) is 5.92 Å². The van der Waals surface area contributed by atoms with Gasteiger partial charge in [0.15, 0.2) is 10.9 Å². The molecule has 150 valence electrons. The summed E-state index contributed by atoms with van der Waals surface area (Å²) in [6.07, 6.45) is 0.844. The molecule has 1 aromatic carbocycles. The lowest BCUT2D eigenvalue weighted by atomic mass is 9.60. The van der Waals surface area contributed by atoms with Gasteiger partial charge in [-0.25, -0.2) is 0 Å². The van der Waals surface area contributed by atoms with Crippen molar-refractivity contribution in [1.29, 1.82) is 0 Å². The van der Waals surface area contributed by atoms with E-state index in [1.54, 1.807) is 14.2 Å². The number of hydrogen-bond donors (Lipinski definition) is 2. The Kier molecular flexibility index (Phi) is 7.24.